The molecule has 4 aromatic rings. The molecule has 216 valence electrons. The van der Waals surface area contributed by atoms with Gasteiger partial charge in [0.2, 0.25) is 0 Å². The molecule has 5 rings (SSSR count). The van der Waals surface area contributed by atoms with Gasteiger partial charge < -0.3 is 14.2 Å². The van der Waals surface area contributed by atoms with E-state index in [1.54, 1.807) is 36.6 Å². The van der Waals surface area contributed by atoms with Gasteiger partial charge in [-0.05, 0) is 63.6 Å². The van der Waals surface area contributed by atoms with E-state index < -0.39 is 12.0 Å². The van der Waals surface area contributed by atoms with Crippen LogP contribution < -0.4 is 24.4 Å². The second-order valence-corrected chi connectivity index (χ2v) is 11.0. The molecular weight excluding hydrogens is 555 g/mol. The van der Waals surface area contributed by atoms with Gasteiger partial charge in [0.05, 0.1) is 28.5 Å². The molecule has 1 aliphatic rings. The van der Waals surface area contributed by atoms with Crippen LogP contribution >= 0.6 is 11.3 Å². The van der Waals surface area contributed by atoms with Crippen LogP contribution in [0.15, 0.2) is 93.9 Å². The Morgan fingerprint density at radius 2 is 1.74 bits per heavy atom. The predicted molar refractivity (Wildman–Crippen MR) is 160 cm³/mol. The Labute approximate surface area is 246 Å². The number of para-hydroxylation sites is 2. The molecule has 1 aromatic heterocycles. The molecule has 0 radical (unpaired) electrons. The number of hydrogen-bond donors (Lipinski definition) is 0. The molecule has 0 amide bonds. The first kappa shape index (κ1) is 29.0. The maximum atomic E-state index is 14.1. The number of hydrogen-bond acceptors (Lipinski definition) is 7. The number of carbonyl (C=O) groups is 1. The predicted octanol–water partition coefficient (Wildman–Crippen LogP) is 5.30. The van der Waals surface area contributed by atoms with Gasteiger partial charge in [-0.2, -0.15) is 0 Å². The Balaban J connectivity index is 1.62. The molecule has 0 bridgehead atoms. The number of esters is 1. The summed E-state index contributed by atoms with van der Waals surface area (Å²) < 4.78 is 32.8. The first-order valence-corrected chi connectivity index (χ1v) is 14.5. The van der Waals surface area contributed by atoms with Crippen molar-refractivity contribution in [2.45, 2.75) is 46.4 Å². The monoisotopic (exact) mass is 586 g/mol. The molecule has 42 heavy (non-hydrogen) atoms. The number of ether oxygens (including phenoxy) is 3. The van der Waals surface area contributed by atoms with Crippen LogP contribution in [0.4, 0.5) is 4.39 Å². The topological polar surface area (TPSA) is 79.1 Å². The summed E-state index contributed by atoms with van der Waals surface area (Å²) in [5, 5.41) is 0. The molecule has 0 saturated heterocycles. The van der Waals surface area contributed by atoms with Crippen molar-refractivity contribution < 1.29 is 23.4 Å². The van der Waals surface area contributed by atoms with E-state index in [1.807, 2.05) is 62.4 Å². The third-order valence-electron chi connectivity index (χ3n) is 6.61. The summed E-state index contributed by atoms with van der Waals surface area (Å²) in [6, 6.07) is 20.1. The molecule has 0 fully saturated rings. The number of nitrogens with zero attached hydrogens (tertiary/aromatic N) is 2. The maximum Gasteiger partial charge on any atom is 0.338 e. The molecule has 3 aromatic carbocycles. The SMILES string of the molecule is CCOC(=O)C1=C(C)N=c2s/c(=C/c3ccccc3OCc3ccc(F)cc3)c(=O)n2[C@H]1c1ccccc1OC(C)C. The number of thiazole rings is 1. The van der Waals surface area contributed by atoms with E-state index >= 15 is 0 Å². The Morgan fingerprint density at radius 1 is 1.05 bits per heavy atom. The van der Waals surface area contributed by atoms with Crippen LogP contribution in [0.3, 0.4) is 0 Å². The van der Waals surface area contributed by atoms with Crippen molar-refractivity contribution >= 4 is 23.4 Å². The summed E-state index contributed by atoms with van der Waals surface area (Å²) >= 11 is 1.23. The summed E-state index contributed by atoms with van der Waals surface area (Å²) in [5.41, 5.74) is 2.65. The van der Waals surface area contributed by atoms with Crippen molar-refractivity contribution in [2.24, 2.45) is 4.99 Å². The Hall–Kier alpha value is -4.50. The maximum absolute atomic E-state index is 14.1. The molecule has 2 heterocycles. The molecule has 1 aliphatic heterocycles. The number of rotatable bonds is 9. The van der Waals surface area contributed by atoms with Gasteiger partial charge in [-0.25, -0.2) is 14.2 Å². The summed E-state index contributed by atoms with van der Waals surface area (Å²) in [6.45, 7) is 7.76. The van der Waals surface area contributed by atoms with Gasteiger partial charge in [-0.1, -0.05) is 59.9 Å². The number of halogens is 1. The van der Waals surface area contributed by atoms with Crippen molar-refractivity contribution in [1.82, 2.24) is 4.57 Å². The molecule has 0 saturated carbocycles. The molecule has 0 spiro atoms. The molecule has 9 heteroatoms. The lowest BCUT2D eigenvalue weighted by Gasteiger charge is -2.26. The number of fused-ring (bicyclic) bond motifs is 1. The minimum absolute atomic E-state index is 0.121. The fraction of sp³-hybridized carbons (Fsp3) is 0.242. The molecule has 0 aliphatic carbocycles. The first-order chi connectivity index (χ1) is 20.3. The minimum atomic E-state index is -0.789. The number of aromatic nitrogens is 1. The Bertz CT molecular complexity index is 1820. The van der Waals surface area contributed by atoms with Crippen molar-refractivity contribution in [3.8, 4) is 11.5 Å². The van der Waals surface area contributed by atoms with Crippen LogP contribution in [-0.2, 0) is 16.1 Å². The van der Waals surface area contributed by atoms with Gasteiger partial charge in [0.25, 0.3) is 5.56 Å². The molecule has 7 nitrogen and oxygen atoms in total. The van der Waals surface area contributed by atoms with Gasteiger partial charge in [0.15, 0.2) is 4.80 Å². The quantitative estimate of drug-likeness (QED) is 0.249. The number of allylic oxidation sites excluding steroid dienone is 1. The Morgan fingerprint density at radius 3 is 2.45 bits per heavy atom. The second kappa shape index (κ2) is 12.6. The van der Waals surface area contributed by atoms with E-state index in [-0.39, 0.29) is 30.7 Å². The normalized spacial score (nSPS) is 14.9. The zero-order valence-electron chi connectivity index (χ0n) is 23.8. The summed E-state index contributed by atoms with van der Waals surface area (Å²) in [4.78, 5) is 32.5. The van der Waals surface area contributed by atoms with Gasteiger partial charge in [-0.3, -0.25) is 9.36 Å². The molecule has 0 N–H and O–H groups in total. The zero-order chi connectivity index (χ0) is 29.8. The smallest absolute Gasteiger partial charge is 0.338 e. The van der Waals surface area contributed by atoms with Gasteiger partial charge in [0.1, 0.15) is 30.0 Å². The van der Waals surface area contributed by atoms with Crippen molar-refractivity contribution in [1.29, 1.82) is 0 Å². The molecular formula is C33H31FN2O5S. The third-order valence-corrected chi connectivity index (χ3v) is 7.59. The largest absolute Gasteiger partial charge is 0.491 e. The lowest BCUT2D eigenvalue weighted by molar-refractivity contribution is -0.139. The molecule has 1 atom stereocenters. The van der Waals surface area contributed by atoms with E-state index in [1.165, 1.54) is 23.5 Å². The summed E-state index contributed by atoms with van der Waals surface area (Å²) in [7, 11) is 0. The van der Waals surface area contributed by atoms with Gasteiger partial charge in [-0.15, -0.1) is 0 Å². The average molecular weight is 587 g/mol. The highest BCUT2D eigenvalue weighted by atomic mass is 32.1. The van der Waals surface area contributed by atoms with Crippen LogP contribution in [0.2, 0.25) is 0 Å². The fourth-order valence-corrected chi connectivity index (χ4v) is 5.81. The van der Waals surface area contributed by atoms with E-state index in [9.17, 15) is 14.0 Å². The van der Waals surface area contributed by atoms with E-state index in [4.69, 9.17) is 14.2 Å². The number of benzene rings is 3. The average Bonchev–Trinajstić information content (AvgIpc) is 3.26. The fourth-order valence-electron chi connectivity index (χ4n) is 4.77. The third kappa shape index (κ3) is 6.06. The Kier molecular flexibility index (Phi) is 8.68. The zero-order valence-corrected chi connectivity index (χ0v) is 24.6. The lowest BCUT2D eigenvalue weighted by atomic mass is 9.95. The van der Waals surface area contributed by atoms with Crippen LogP contribution in [-0.4, -0.2) is 23.2 Å². The van der Waals surface area contributed by atoms with Crippen LogP contribution in [0.25, 0.3) is 6.08 Å². The van der Waals surface area contributed by atoms with Crippen molar-refractivity contribution in [3.63, 3.8) is 0 Å². The van der Waals surface area contributed by atoms with Gasteiger partial charge in [0, 0.05) is 11.1 Å². The minimum Gasteiger partial charge on any atom is -0.491 e. The van der Waals surface area contributed by atoms with E-state index in [0.717, 1.165) is 5.56 Å². The standard InChI is InChI=1S/C33H31FN2O5S/c1-5-39-32(38)29-21(4)35-33-36(30(29)25-11-7-9-13-27(25)41-20(2)3)31(37)28(42-33)18-23-10-6-8-12-26(23)40-19-22-14-16-24(34)17-15-22/h6-18,20,30H,5,19H2,1-4H3/b28-18+/t30-/m0/s1. The van der Waals surface area contributed by atoms with Gasteiger partial charge >= 0.3 is 5.97 Å². The number of carbonyl (C=O) groups excluding carboxylic acids is 1. The summed E-state index contributed by atoms with van der Waals surface area (Å²) in [6.07, 6.45) is 1.64. The van der Waals surface area contributed by atoms with Crippen LogP contribution in [0.1, 0.15) is 50.4 Å². The lowest BCUT2D eigenvalue weighted by Crippen LogP contribution is -2.40. The first-order valence-electron chi connectivity index (χ1n) is 13.7. The van der Waals surface area contributed by atoms with Crippen LogP contribution in [0.5, 0.6) is 11.5 Å². The molecule has 0 unspecified atom stereocenters. The van der Waals surface area contributed by atoms with Crippen molar-refractivity contribution in [2.75, 3.05) is 6.61 Å². The highest BCUT2D eigenvalue weighted by molar-refractivity contribution is 7.07. The van der Waals surface area contributed by atoms with E-state index in [2.05, 4.69) is 4.99 Å². The summed E-state index contributed by atoms with van der Waals surface area (Å²) in [5.74, 6) is 0.302. The highest BCUT2D eigenvalue weighted by Crippen LogP contribution is 2.36. The van der Waals surface area contributed by atoms with Crippen molar-refractivity contribution in [3.05, 3.63) is 126 Å². The van der Waals surface area contributed by atoms with E-state index in [0.29, 0.717) is 43.2 Å². The highest BCUT2D eigenvalue weighted by Gasteiger charge is 2.35. The second-order valence-electron chi connectivity index (χ2n) is 9.96. The van der Waals surface area contributed by atoms with Crippen LogP contribution in [0, 0.1) is 5.82 Å².